The molecule has 0 radical (unpaired) electrons. The Morgan fingerprint density at radius 3 is 2.31 bits per heavy atom. The van der Waals surface area contributed by atoms with Crippen molar-refractivity contribution in [2.75, 3.05) is 37.7 Å². The fraction of sp³-hybridized carbons (Fsp3) is 0.289. The van der Waals surface area contributed by atoms with Crippen molar-refractivity contribution in [2.24, 2.45) is 14.1 Å². The van der Waals surface area contributed by atoms with E-state index in [1.54, 1.807) is 37.8 Å². The maximum atomic E-state index is 15.1. The minimum Gasteiger partial charge on any atom is -0.780 e. The molecule has 2 aliphatic rings. The molecule has 0 bridgehead atoms. The van der Waals surface area contributed by atoms with E-state index >= 15 is 4.39 Å². The standard InChI is InChI=1S/C38H40FN6O7P.2Na/c1-25-34(38(47)45(31-21-40-41(2)23-31)29-9-11-32(12-10-29)52-53(48,49)50)20-36(42(25)3)35-19-28(39)8-13-33(35)37(46)44-22-27-7-5-4-6-26(27)18-30(44)24-43-14-16-51-17-15-43;;/h4-13,19-21,23,30H,14-18,22,24H2,1-3H3,(H2,48,49,50);;/q;2*+1/p-2/t30-;;/m0../s1. The molecule has 55 heavy (non-hydrogen) atoms. The zero-order valence-corrected chi connectivity index (χ0v) is 36.4. The van der Waals surface area contributed by atoms with Crippen LogP contribution in [0.15, 0.2) is 85.2 Å². The number of hydrogen-bond acceptors (Lipinski definition) is 9. The molecule has 3 aromatic carbocycles. The molecule has 0 spiro atoms. The van der Waals surface area contributed by atoms with Gasteiger partial charge in [-0.1, -0.05) is 24.3 Å². The van der Waals surface area contributed by atoms with Crippen LogP contribution >= 0.6 is 7.82 Å². The second-order valence-corrected chi connectivity index (χ2v) is 14.4. The summed E-state index contributed by atoms with van der Waals surface area (Å²) < 4.78 is 39.6. The van der Waals surface area contributed by atoms with Crippen LogP contribution in [0.3, 0.4) is 0 Å². The van der Waals surface area contributed by atoms with Crippen molar-refractivity contribution in [2.45, 2.75) is 25.9 Å². The Balaban J connectivity index is 0.00000290. The van der Waals surface area contributed by atoms with Gasteiger partial charge < -0.3 is 33.1 Å². The number of aromatic nitrogens is 3. The third kappa shape index (κ3) is 9.54. The number of morpholine rings is 1. The second kappa shape index (κ2) is 18.0. The summed E-state index contributed by atoms with van der Waals surface area (Å²) in [6.45, 7) is 5.66. The van der Waals surface area contributed by atoms with Gasteiger partial charge in [0.05, 0.1) is 30.7 Å². The second-order valence-electron chi connectivity index (χ2n) is 13.3. The molecule has 0 aliphatic carbocycles. The van der Waals surface area contributed by atoms with E-state index in [0.717, 1.165) is 18.7 Å². The van der Waals surface area contributed by atoms with E-state index in [0.29, 0.717) is 66.6 Å². The minimum atomic E-state index is -5.29. The number of aryl methyl sites for hydroxylation is 1. The molecule has 4 heterocycles. The number of ether oxygens (including phenoxy) is 1. The number of benzene rings is 3. The molecule has 0 saturated carbocycles. The average Bonchev–Trinajstić information content (AvgIpc) is 3.69. The molecule has 5 aromatic rings. The molecule has 0 unspecified atom stereocenters. The number of fused-ring (bicyclic) bond motifs is 1. The van der Waals surface area contributed by atoms with Crippen LogP contribution in [0.2, 0.25) is 0 Å². The number of anilines is 2. The summed E-state index contributed by atoms with van der Waals surface area (Å²) in [4.78, 5) is 57.1. The number of phosphoric ester groups is 1. The molecule has 7 rings (SSSR count). The Morgan fingerprint density at radius 1 is 0.964 bits per heavy atom. The molecule has 2 amide bonds. The number of halogens is 1. The van der Waals surface area contributed by atoms with Crippen LogP contribution in [-0.4, -0.2) is 74.9 Å². The van der Waals surface area contributed by atoms with Crippen molar-refractivity contribution in [1.29, 1.82) is 0 Å². The summed E-state index contributed by atoms with van der Waals surface area (Å²) in [5.74, 6) is -1.44. The number of nitrogens with zero attached hydrogens (tertiary/aromatic N) is 6. The first-order valence-electron chi connectivity index (χ1n) is 17.1. The maximum absolute atomic E-state index is 15.1. The first-order valence-corrected chi connectivity index (χ1v) is 18.6. The van der Waals surface area contributed by atoms with Crippen LogP contribution in [0.5, 0.6) is 5.75 Å². The summed E-state index contributed by atoms with van der Waals surface area (Å²) in [5, 5.41) is 4.22. The SMILES string of the molecule is Cc1c(C(=O)N(c2ccc(OP(=O)([O-])[O-])cc2)c2cnn(C)c2)cc(-c2cc(F)ccc2C(=O)N2Cc3ccccc3C[C@H]2CN2CCOCC2)n1C.[Na+].[Na+]. The molecule has 1 fully saturated rings. The zero-order chi connectivity index (χ0) is 37.4. The Labute approximate surface area is 362 Å². The molecule has 1 saturated heterocycles. The smallest absolute Gasteiger partial charge is 0.780 e. The minimum absolute atomic E-state index is 0. The van der Waals surface area contributed by atoms with E-state index in [4.69, 9.17) is 4.74 Å². The predicted molar refractivity (Wildman–Crippen MR) is 191 cm³/mol. The third-order valence-corrected chi connectivity index (χ3v) is 10.3. The Kier molecular flexibility index (Phi) is 14.1. The molecule has 1 atom stereocenters. The van der Waals surface area contributed by atoms with E-state index in [1.807, 2.05) is 23.1 Å². The van der Waals surface area contributed by atoms with Crippen LogP contribution in [0.4, 0.5) is 15.8 Å². The average molecular weight is 787 g/mol. The topological polar surface area (TPSA) is 148 Å². The molecule has 276 valence electrons. The van der Waals surface area contributed by atoms with Gasteiger partial charge in [0.15, 0.2) is 0 Å². The molecule has 0 N–H and O–H groups in total. The van der Waals surface area contributed by atoms with E-state index in [2.05, 4.69) is 20.6 Å². The van der Waals surface area contributed by atoms with Gasteiger partial charge in [-0.2, -0.15) is 5.10 Å². The van der Waals surface area contributed by atoms with Gasteiger partial charge in [-0.3, -0.25) is 24.1 Å². The number of hydrogen-bond donors (Lipinski definition) is 0. The maximum Gasteiger partial charge on any atom is 1.00 e. The van der Waals surface area contributed by atoms with Crippen molar-refractivity contribution in [3.05, 3.63) is 119 Å². The van der Waals surface area contributed by atoms with Gasteiger partial charge in [-0.05, 0) is 73.0 Å². The van der Waals surface area contributed by atoms with Gasteiger partial charge in [-0.15, -0.1) is 0 Å². The summed E-state index contributed by atoms with van der Waals surface area (Å²) in [6.07, 6.45) is 3.82. The largest absolute Gasteiger partial charge is 1.00 e. The third-order valence-electron chi connectivity index (χ3n) is 9.91. The van der Waals surface area contributed by atoms with E-state index in [1.165, 1.54) is 63.8 Å². The quantitative estimate of drug-likeness (QED) is 0.122. The van der Waals surface area contributed by atoms with E-state index in [-0.39, 0.29) is 82.4 Å². The number of amides is 2. The van der Waals surface area contributed by atoms with Crippen molar-refractivity contribution >= 4 is 31.0 Å². The zero-order valence-electron chi connectivity index (χ0n) is 31.5. The fourth-order valence-corrected chi connectivity index (χ4v) is 7.51. The molecule has 2 aromatic heterocycles. The Hall–Kier alpha value is -3.11. The molecular formula is C38H38FN6Na2O7P. The van der Waals surface area contributed by atoms with Crippen LogP contribution in [0, 0.1) is 12.7 Å². The summed E-state index contributed by atoms with van der Waals surface area (Å²) in [5.41, 5.74) is 4.96. The van der Waals surface area contributed by atoms with E-state index < -0.39 is 19.5 Å². The molecule has 17 heteroatoms. The number of carbonyl (C=O) groups is 2. The van der Waals surface area contributed by atoms with Crippen molar-refractivity contribution in [3.63, 3.8) is 0 Å². The van der Waals surface area contributed by atoms with Crippen molar-refractivity contribution in [3.8, 4) is 17.0 Å². The van der Waals surface area contributed by atoms with Crippen LogP contribution in [0.1, 0.15) is 37.5 Å². The molecular weight excluding hydrogens is 748 g/mol. The van der Waals surface area contributed by atoms with Crippen molar-refractivity contribution < 1.29 is 96.7 Å². The monoisotopic (exact) mass is 786 g/mol. The van der Waals surface area contributed by atoms with E-state index in [9.17, 15) is 23.9 Å². The summed E-state index contributed by atoms with van der Waals surface area (Å²) in [7, 11) is -1.84. The van der Waals surface area contributed by atoms with Gasteiger partial charge in [-0.25, -0.2) is 4.39 Å². The predicted octanol–water partition coefficient (Wildman–Crippen LogP) is -2.03. The van der Waals surface area contributed by atoms with Gasteiger partial charge in [0.2, 0.25) is 0 Å². The molecule has 13 nitrogen and oxygen atoms in total. The van der Waals surface area contributed by atoms with Gasteiger partial charge >= 0.3 is 59.1 Å². The number of rotatable bonds is 9. The first kappa shape index (κ1) is 43.0. The Bertz CT molecular complexity index is 2220. The van der Waals surface area contributed by atoms with Gasteiger partial charge in [0.1, 0.15) is 19.4 Å². The number of carbonyl (C=O) groups excluding carboxylic acids is 2. The number of phosphoric acid groups is 1. The Morgan fingerprint density at radius 2 is 1.65 bits per heavy atom. The molecule has 2 aliphatic heterocycles. The summed E-state index contributed by atoms with van der Waals surface area (Å²) >= 11 is 0. The fourth-order valence-electron chi connectivity index (χ4n) is 7.13. The van der Waals surface area contributed by atoms with Gasteiger partial charge in [0, 0.05) is 80.7 Å². The summed E-state index contributed by atoms with van der Waals surface area (Å²) in [6, 6.07) is 19.2. The van der Waals surface area contributed by atoms with Crippen LogP contribution < -0.4 is 78.3 Å². The first-order chi connectivity index (χ1) is 25.4. The normalized spacial score (nSPS) is 15.7. The van der Waals surface area contributed by atoms with Crippen LogP contribution in [0.25, 0.3) is 11.3 Å². The van der Waals surface area contributed by atoms with Crippen molar-refractivity contribution in [1.82, 2.24) is 24.1 Å². The van der Waals surface area contributed by atoms with Crippen LogP contribution in [-0.2, 0) is 36.4 Å². The van der Waals surface area contributed by atoms with Gasteiger partial charge in [0.25, 0.3) is 11.8 Å².